The van der Waals surface area contributed by atoms with Gasteiger partial charge in [-0.15, -0.1) is 0 Å². The molecule has 1 rings (SSSR count). The average Bonchev–Trinajstić information content (AvgIpc) is 2.39. The van der Waals surface area contributed by atoms with Gasteiger partial charge in [-0.2, -0.15) is 0 Å². The first-order valence-electron chi connectivity index (χ1n) is 6.45. The van der Waals surface area contributed by atoms with Crippen LogP contribution in [-0.2, 0) is 14.3 Å². The number of carboxylic acid groups (broad SMARTS) is 1. The van der Waals surface area contributed by atoms with E-state index >= 15 is 0 Å². The summed E-state index contributed by atoms with van der Waals surface area (Å²) in [5.41, 5.74) is 0.113. The maximum absolute atomic E-state index is 11.8. The Morgan fingerprint density at radius 3 is 2.40 bits per heavy atom. The number of amides is 1. The fraction of sp³-hybridized carbons (Fsp3) is 0.467. The van der Waals surface area contributed by atoms with Gasteiger partial charge >= 0.3 is 5.97 Å². The van der Waals surface area contributed by atoms with E-state index in [9.17, 15) is 14.7 Å². The number of hydrogen-bond acceptors (Lipinski definition) is 3. The van der Waals surface area contributed by atoms with Crippen molar-refractivity contribution in [3.8, 4) is 0 Å². The van der Waals surface area contributed by atoms with E-state index < -0.39 is 17.5 Å². The zero-order valence-electron chi connectivity index (χ0n) is 12.1. The molecular formula is C15H21NO4. The molecule has 2 N–H and O–H groups in total. The van der Waals surface area contributed by atoms with Gasteiger partial charge in [-0.25, -0.2) is 0 Å². The number of carbonyl (C=O) groups is 2. The Balaban J connectivity index is 2.61. The normalized spacial score (nSPS) is 12.8. The number of carboxylic acids is 1. The van der Waals surface area contributed by atoms with Gasteiger partial charge in [-0.05, 0) is 19.4 Å². The summed E-state index contributed by atoms with van der Waals surface area (Å²) in [7, 11) is 1.54. The van der Waals surface area contributed by atoms with Gasteiger partial charge in [0.1, 0.15) is 0 Å². The Labute approximate surface area is 118 Å². The van der Waals surface area contributed by atoms with Crippen molar-refractivity contribution in [1.29, 1.82) is 0 Å². The summed E-state index contributed by atoms with van der Waals surface area (Å²) in [6.07, 6.45) is 0.185. The maximum Gasteiger partial charge on any atom is 0.312 e. The van der Waals surface area contributed by atoms with Crippen LogP contribution < -0.4 is 5.32 Å². The van der Waals surface area contributed by atoms with Gasteiger partial charge in [0.05, 0.1) is 17.9 Å². The van der Waals surface area contributed by atoms with E-state index in [0.29, 0.717) is 5.56 Å². The molecule has 0 radical (unpaired) electrons. The third kappa shape index (κ3) is 5.01. The van der Waals surface area contributed by atoms with Crippen molar-refractivity contribution >= 4 is 11.9 Å². The molecule has 0 spiro atoms. The summed E-state index contributed by atoms with van der Waals surface area (Å²) < 4.78 is 5.17. The highest BCUT2D eigenvalue weighted by Crippen LogP contribution is 2.16. The third-order valence-electron chi connectivity index (χ3n) is 3.14. The highest BCUT2D eigenvalue weighted by Gasteiger charge is 2.24. The van der Waals surface area contributed by atoms with Gasteiger partial charge in [0.25, 0.3) is 0 Å². The largest absolute Gasteiger partial charge is 0.481 e. The molecule has 20 heavy (non-hydrogen) atoms. The van der Waals surface area contributed by atoms with Crippen molar-refractivity contribution in [3.05, 3.63) is 35.9 Å². The Hall–Kier alpha value is -1.88. The Kier molecular flexibility index (Phi) is 5.70. The monoisotopic (exact) mass is 279 g/mol. The van der Waals surface area contributed by atoms with Crippen LogP contribution in [0.4, 0.5) is 0 Å². The lowest BCUT2D eigenvalue weighted by Gasteiger charge is -2.22. The zero-order chi connectivity index (χ0) is 15.2. The van der Waals surface area contributed by atoms with Gasteiger partial charge in [0.2, 0.25) is 5.91 Å². The van der Waals surface area contributed by atoms with Gasteiger partial charge in [0.15, 0.2) is 0 Å². The van der Waals surface area contributed by atoms with E-state index in [1.54, 1.807) is 38.1 Å². The second kappa shape index (κ2) is 7.05. The second-order valence-electron chi connectivity index (χ2n) is 5.25. The molecule has 0 aromatic heterocycles. The first-order valence-corrected chi connectivity index (χ1v) is 6.45. The van der Waals surface area contributed by atoms with E-state index in [2.05, 4.69) is 5.32 Å². The quantitative estimate of drug-likeness (QED) is 0.798. The zero-order valence-corrected chi connectivity index (χ0v) is 12.1. The van der Waals surface area contributed by atoms with Gasteiger partial charge in [-0.3, -0.25) is 9.59 Å². The van der Waals surface area contributed by atoms with Crippen LogP contribution in [0.15, 0.2) is 30.3 Å². The molecule has 0 saturated heterocycles. The smallest absolute Gasteiger partial charge is 0.312 e. The predicted octanol–water partition coefficient (Wildman–Crippen LogP) is 1.79. The van der Waals surface area contributed by atoms with Crippen LogP contribution in [0, 0.1) is 0 Å². The molecule has 1 amide bonds. The number of aliphatic carboxylic acids is 1. The van der Waals surface area contributed by atoms with Crippen LogP contribution >= 0.6 is 0 Å². The summed E-state index contributed by atoms with van der Waals surface area (Å²) in [4.78, 5) is 23.1. The number of rotatable bonds is 7. The van der Waals surface area contributed by atoms with Gasteiger partial charge in [0, 0.05) is 13.7 Å². The van der Waals surface area contributed by atoms with Crippen molar-refractivity contribution in [3.63, 3.8) is 0 Å². The Bertz CT molecular complexity index is 456. The minimum Gasteiger partial charge on any atom is -0.481 e. The van der Waals surface area contributed by atoms with Crippen LogP contribution in [0.1, 0.15) is 31.7 Å². The van der Waals surface area contributed by atoms with Crippen LogP contribution in [0.3, 0.4) is 0 Å². The predicted molar refractivity (Wildman–Crippen MR) is 75.5 cm³/mol. The molecule has 0 saturated carbocycles. The summed E-state index contributed by atoms with van der Waals surface area (Å²) in [5.74, 6) is -1.92. The molecular weight excluding hydrogens is 258 g/mol. The third-order valence-corrected chi connectivity index (χ3v) is 3.14. The van der Waals surface area contributed by atoms with E-state index in [0.717, 1.165) is 0 Å². The SMILES string of the molecule is COC(C)(C)CC(=O)NCC(C(=O)O)c1ccccc1. The molecule has 0 aliphatic heterocycles. The fourth-order valence-corrected chi connectivity index (χ4v) is 1.77. The summed E-state index contributed by atoms with van der Waals surface area (Å²) >= 11 is 0. The minimum absolute atomic E-state index is 0.0674. The van der Waals surface area contributed by atoms with E-state index in [4.69, 9.17) is 4.74 Å². The molecule has 1 aromatic carbocycles. The Morgan fingerprint density at radius 1 is 1.30 bits per heavy atom. The molecule has 0 heterocycles. The molecule has 1 atom stereocenters. The number of carbonyl (C=O) groups excluding carboxylic acids is 1. The van der Waals surface area contributed by atoms with E-state index in [-0.39, 0.29) is 18.9 Å². The van der Waals surface area contributed by atoms with Crippen LogP contribution in [0.5, 0.6) is 0 Å². The van der Waals surface area contributed by atoms with Crippen molar-refractivity contribution in [2.24, 2.45) is 0 Å². The lowest BCUT2D eigenvalue weighted by molar-refractivity contribution is -0.138. The number of methoxy groups -OCH3 is 1. The molecule has 0 bridgehead atoms. The van der Waals surface area contributed by atoms with Crippen LogP contribution in [0.2, 0.25) is 0 Å². The van der Waals surface area contributed by atoms with E-state index in [1.807, 2.05) is 6.07 Å². The van der Waals surface area contributed by atoms with E-state index in [1.165, 1.54) is 7.11 Å². The fourth-order valence-electron chi connectivity index (χ4n) is 1.77. The number of hydrogen-bond donors (Lipinski definition) is 2. The highest BCUT2D eigenvalue weighted by atomic mass is 16.5. The average molecular weight is 279 g/mol. The molecule has 1 aromatic rings. The lowest BCUT2D eigenvalue weighted by atomic mass is 9.99. The van der Waals surface area contributed by atoms with Crippen LogP contribution in [0.25, 0.3) is 0 Å². The Morgan fingerprint density at radius 2 is 1.90 bits per heavy atom. The first-order chi connectivity index (χ1) is 9.35. The molecule has 0 aliphatic rings. The lowest BCUT2D eigenvalue weighted by Crippen LogP contribution is -2.37. The number of benzene rings is 1. The first kappa shape index (κ1) is 16.2. The minimum atomic E-state index is -0.956. The molecule has 1 unspecified atom stereocenters. The van der Waals surface area contributed by atoms with Crippen molar-refractivity contribution in [1.82, 2.24) is 5.32 Å². The molecule has 5 heteroatoms. The molecule has 110 valence electrons. The maximum atomic E-state index is 11.8. The summed E-state index contributed by atoms with van der Waals surface area (Å²) in [6.45, 7) is 3.68. The van der Waals surface area contributed by atoms with Crippen molar-refractivity contribution in [2.45, 2.75) is 31.8 Å². The topological polar surface area (TPSA) is 75.6 Å². The standard InChI is InChI=1S/C15H21NO4/c1-15(2,20-3)9-13(17)16-10-12(14(18)19)11-7-5-4-6-8-11/h4-8,12H,9-10H2,1-3H3,(H,16,17)(H,18,19). The van der Waals surface area contributed by atoms with Crippen LogP contribution in [-0.4, -0.2) is 36.2 Å². The van der Waals surface area contributed by atoms with Gasteiger partial charge < -0.3 is 15.2 Å². The second-order valence-corrected chi connectivity index (χ2v) is 5.25. The highest BCUT2D eigenvalue weighted by molar-refractivity contribution is 5.80. The molecule has 0 aliphatic carbocycles. The molecule has 5 nitrogen and oxygen atoms in total. The summed E-state index contributed by atoms with van der Waals surface area (Å²) in [5, 5.41) is 11.9. The van der Waals surface area contributed by atoms with Crippen molar-refractivity contribution < 1.29 is 19.4 Å². The van der Waals surface area contributed by atoms with Crippen molar-refractivity contribution in [2.75, 3.05) is 13.7 Å². The summed E-state index contributed by atoms with van der Waals surface area (Å²) in [6, 6.07) is 8.86. The molecule has 0 fully saturated rings. The number of nitrogens with one attached hydrogen (secondary N) is 1. The van der Waals surface area contributed by atoms with Gasteiger partial charge in [-0.1, -0.05) is 30.3 Å². The number of ether oxygens (including phenoxy) is 1.